The monoisotopic (exact) mass is 313 g/mol. The van der Waals surface area contributed by atoms with Crippen LogP contribution in [-0.2, 0) is 11.2 Å². The van der Waals surface area contributed by atoms with Crippen LogP contribution in [0.15, 0.2) is 48.5 Å². The number of amides is 1. The zero-order valence-electron chi connectivity index (χ0n) is 12.6. The summed E-state index contributed by atoms with van der Waals surface area (Å²) in [7, 11) is 0. The van der Waals surface area contributed by atoms with E-state index in [9.17, 15) is 4.79 Å². The number of thiocarbonyl (C=S) groups is 1. The summed E-state index contributed by atoms with van der Waals surface area (Å²) in [5, 5.41) is 9.60. The largest absolute Gasteiger partial charge is 0.332 e. The van der Waals surface area contributed by atoms with Crippen LogP contribution in [0.5, 0.6) is 0 Å². The minimum atomic E-state index is -0.0888. The molecule has 0 saturated carbocycles. The number of benzene rings is 2. The zero-order chi connectivity index (χ0) is 15.9. The fourth-order valence-electron chi connectivity index (χ4n) is 2.08. The maximum atomic E-state index is 11.0. The highest BCUT2D eigenvalue weighted by atomic mass is 32.1. The van der Waals surface area contributed by atoms with Gasteiger partial charge in [-0.05, 0) is 54.5 Å². The quantitative estimate of drug-likeness (QED) is 0.746. The van der Waals surface area contributed by atoms with Crippen LogP contribution in [0.3, 0.4) is 0 Å². The highest BCUT2D eigenvalue weighted by Crippen LogP contribution is 2.17. The third-order valence-corrected chi connectivity index (χ3v) is 3.31. The Morgan fingerprint density at radius 3 is 2.14 bits per heavy atom. The first-order valence-corrected chi connectivity index (χ1v) is 7.53. The van der Waals surface area contributed by atoms with Gasteiger partial charge in [0.1, 0.15) is 0 Å². The molecule has 2 aromatic rings. The van der Waals surface area contributed by atoms with Crippen LogP contribution in [0.4, 0.5) is 17.1 Å². The van der Waals surface area contributed by atoms with Gasteiger partial charge in [-0.15, -0.1) is 0 Å². The molecule has 0 aliphatic heterocycles. The standard InChI is InChI=1S/C17H19N3OS/c1-3-13-6-4-5-7-16(13)20-17(22)19-15-10-8-14(9-11-15)18-12(2)21/h4-11H,3H2,1-2H3,(H,18,21)(H2,19,20,22). The summed E-state index contributed by atoms with van der Waals surface area (Å²) in [4.78, 5) is 11.0. The number of aryl methyl sites for hydroxylation is 1. The SMILES string of the molecule is CCc1ccccc1NC(=S)Nc1ccc(NC(C)=O)cc1. The molecule has 0 saturated heterocycles. The second-order valence-corrected chi connectivity index (χ2v) is 5.26. The number of carbonyl (C=O) groups is 1. The maximum absolute atomic E-state index is 11.0. The molecule has 22 heavy (non-hydrogen) atoms. The zero-order valence-corrected chi connectivity index (χ0v) is 13.5. The lowest BCUT2D eigenvalue weighted by Gasteiger charge is -2.13. The number of anilines is 3. The summed E-state index contributed by atoms with van der Waals surface area (Å²) in [6.45, 7) is 3.59. The van der Waals surface area contributed by atoms with Crippen LogP contribution < -0.4 is 16.0 Å². The molecule has 0 fully saturated rings. The predicted molar refractivity (Wildman–Crippen MR) is 96.4 cm³/mol. The third-order valence-electron chi connectivity index (χ3n) is 3.11. The molecular formula is C17H19N3OS. The van der Waals surface area contributed by atoms with E-state index >= 15 is 0 Å². The van der Waals surface area contributed by atoms with Crippen molar-refractivity contribution in [2.45, 2.75) is 20.3 Å². The first-order valence-electron chi connectivity index (χ1n) is 7.12. The number of hydrogen-bond donors (Lipinski definition) is 3. The summed E-state index contributed by atoms with van der Waals surface area (Å²) in [6.07, 6.45) is 0.942. The Kier molecular flexibility index (Phi) is 5.49. The van der Waals surface area contributed by atoms with Crippen LogP contribution in [0, 0.1) is 0 Å². The Hall–Kier alpha value is -2.40. The molecule has 1 amide bonds. The van der Waals surface area contributed by atoms with E-state index in [-0.39, 0.29) is 5.91 Å². The van der Waals surface area contributed by atoms with Crippen molar-refractivity contribution in [3.05, 3.63) is 54.1 Å². The average Bonchev–Trinajstić information content (AvgIpc) is 2.49. The Morgan fingerprint density at radius 1 is 0.955 bits per heavy atom. The van der Waals surface area contributed by atoms with Gasteiger partial charge in [-0.3, -0.25) is 4.79 Å². The van der Waals surface area contributed by atoms with Crippen molar-refractivity contribution in [1.82, 2.24) is 0 Å². The van der Waals surface area contributed by atoms with Crippen molar-refractivity contribution >= 4 is 40.3 Å². The lowest BCUT2D eigenvalue weighted by atomic mass is 10.1. The minimum Gasteiger partial charge on any atom is -0.332 e. The lowest BCUT2D eigenvalue weighted by molar-refractivity contribution is -0.114. The smallest absolute Gasteiger partial charge is 0.221 e. The first-order chi connectivity index (χ1) is 10.6. The molecule has 0 bridgehead atoms. The van der Waals surface area contributed by atoms with E-state index in [0.717, 1.165) is 23.5 Å². The molecule has 0 spiro atoms. The Morgan fingerprint density at radius 2 is 1.55 bits per heavy atom. The van der Waals surface area contributed by atoms with Crippen molar-refractivity contribution in [3.8, 4) is 0 Å². The van der Waals surface area contributed by atoms with Gasteiger partial charge >= 0.3 is 0 Å². The minimum absolute atomic E-state index is 0.0888. The summed E-state index contributed by atoms with van der Waals surface area (Å²) in [5.41, 5.74) is 3.85. The fraction of sp³-hybridized carbons (Fsp3) is 0.176. The van der Waals surface area contributed by atoms with Crippen molar-refractivity contribution < 1.29 is 4.79 Å². The summed E-state index contributed by atoms with van der Waals surface area (Å²) in [6, 6.07) is 15.5. The molecule has 5 heteroatoms. The molecule has 0 atom stereocenters. The van der Waals surface area contributed by atoms with Crippen LogP contribution in [0.25, 0.3) is 0 Å². The number of carbonyl (C=O) groups excluding carboxylic acids is 1. The van der Waals surface area contributed by atoms with Crippen LogP contribution in [0.1, 0.15) is 19.4 Å². The first kappa shape index (κ1) is 16.0. The molecule has 2 rings (SSSR count). The topological polar surface area (TPSA) is 53.2 Å². The van der Waals surface area contributed by atoms with E-state index in [1.165, 1.54) is 12.5 Å². The molecule has 4 nitrogen and oxygen atoms in total. The van der Waals surface area contributed by atoms with Crippen molar-refractivity contribution in [3.63, 3.8) is 0 Å². The van der Waals surface area contributed by atoms with Crippen LogP contribution in [-0.4, -0.2) is 11.0 Å². The molecule has 0 heterocycles. The number of nitrogens with one attached hydrogen (secondary N) is 3. The Labute approximate surface area is 135 Å². The van der Waals surface area contributed by atoms with Gasteiger partial charge in [-0.2, -0.15) is 0 Å². The molecule has 2 aromatic carbocycles. The van der Waals surface area contributed by atoms with Crippen molar-refractivity contribution in [1.29, 1.82) is 0 Å². The second-order valence-electron chi connectivity index (χ2n) is 4.85. The molecule has 3 N–H and O–H groups in total. The van der Waals surface area contributed by atoms with Gasteiger partial charge in [0, 0.05) is 24.0 Å². The van der Waals surface area contributed by atoms with E-state index < -0.39 is 0 Å². The van der Waals surface area contributed by atoms with Crippen LogP contribution in [0.2, 0.25) is 0 Å². The van der Waals surface area contributed by atoms with Gasteiger partial charge in [0.2, 0.25) is 5.91 Å². The van der Waals surface area contributed by atoms with E-state index in [2.05, 4.69) is 28.9 Å². The van der Waals surface area contributed by atoms with E-state index in [1.807, 2.05) is 42.5 Å². The number of para-hydroxylation sites is 1. The van der Waals surface area contributed by atoms with Gasteiger partial charge in [-0.1, -0.05) is 25.1 Å². The molecule has 0 radical (unpaired) electrons. The summed E-state index contributed by atoms with van der Waals surface area (Å²) in [5.74, 6) is -0.0888. The Bertz CT molecular complexity index is 668. The Balaban J connectivity index is 1.98. The van der Waals surface area contributed by atoms with Crippen molar-refractivity contribution in [2.24, 2.45) is 0 Å². The van der Waals surface area contributed by atoms with Gasteiger partial charge < -0.3 is 16.0 Å². The van der Waals surface area contributed by atoms with E-state index in [0.29, 0.717) is 5.11 Å². The molecule has 114 valence electrons. The number of rotatable bonds is 4. The lowest BCUT2D eigenvalue weighted by Crippen LogP contribution is -2.19. The predicted octanol–water partition coefficient (Wildman–Crippen LogP) is 4.02. The van der Waals surface area contributed by atoms with Crippen LogP contribution >= 0.6 is 12.2 Å². The average molecular weight is 313 g/mol. The fourth-order valence-corrected chi connectivity index (χ4v) is 2.30. The molecule has 0 aliphatic carbocycles. The molecular weight excluding hydrogens is 294 g/mol. The third kappa shape index (κ3) is 4.56. The summed E-state index contributed by atoms with van der Waals surface area (Å²) < 4.78 is 0. The van der Waals surface area contributed by atoms with Gasteiger partial charge in [0.05, 0.1) is 0 Å². The van der Waals surface area contributed by atoms with E-state index in [4.69, 9.17) is 12.2 Å². The number of hydrogen-bond acceptors (Lipinski definition) is 2. The summed E-state index contributed by atoms with van der Waals surface area (Å²) >= 11 is 5.34. The highest BCUT2D eigenvalue weighted by Gasteiger charge is 2.03. The highest BCUT2D eigenvalue weighted by molar-refractivity contribution is 7.80. The van der Waals surface area contributed by atoms with Gasteiger partial charge in [0.25, 0.3) is 0 Å². The maximum Gasteiger partial charge on any atom is 0.221 e. The molecule has 0 aliphatic rings. The van der Waals surface area contributed by atoms with E-state index in [1.54, 1.807) is 0 Å². The van der Waals surface area contributed by atoms with Gasteiger partial charge in [0.15, 0.2) is 5.11 Å². The molecule has 0 aromatic heterocycles. The second kappa shape index (κ2) is 7.56. The molecule has 0 unspecified atom stereocenters. The van der Waals surface area contributed by atoms with Gasteiger partial charge in [-0.25, -0.2) is 0 Å². The normalized spacial score (nSPS) is 9.91. The van der Waals surface area contributed by atoms with Crippen molar-refractivity contribution in [2.75, 3.05) is 16.0 Å².